The average molecular weight is 339 g/mol. The highest BCUT2D eigenvalue weighted by molar-refractivity contribution is 6.33. The fraction of sp³-hybridized carbons (Fsp3) is 0.467. The summed E-state index contributed by atoms with van der Waals surface area (Å²) in [6, 6.07) is 2.85. The first kappa shape index (κ1) is 17.2. The molecule has 23 heavy (non-hydrogen) atoms. The molecule has 0 fully saturated rings. The minimum Gasteiger partial charge on any atom is -0.384 e. The van der Waals surface area contributed by atoms with Crippen molar-refractivity contribution in [3.05, 3.63) is 44.5 Å². The van der Waals surface area contributed by atoms with E-state index in [0.29, 0.717) is 35.4 Å². The lowest BCUT2D eigenvalue weighted by atomic mass is 10.1. The summed E-state index contributed by atoms with van der Waals surface area (Å²) in [5, 5.41) is 18.2. The molecular weight excluding hydrogens is 320 g/mol. The van der Waals surface area contributed by atoms with Crippen LogP contribution in [0.2, 0.25) is 5.02 Å². The van der Waals surface area contributed by atoms with Crippen molar-refractivity contribution in [1.29, 1.82) is 0 Å². The molecular formula is C15H19ClN4O3. The van der Waals surface area contributed by atoms with E-state index in [4.69, 9.17) is 16.1 Å². The number of non-ortho nitro benzene ring substituents is 1. The Morgan fingerprint density at radius 1 is 1.43 bits per heavy atom. The van der Waals surface area contributed by atoms with Gasteiger partial charge in [-0.05, 0) is 18.9 Å². The molecule has 2 rings (SSSR count). The summed E-state index contributed by atoms with van der Waals surface area (Å²) in [5.41, 5.74) is 1.44. The molecule has 124 valence electrons. The normalized spacial score (nSPS) is 11.0. The highest BCUT2D eigenvalue weighted by Crippen LogP contribution is 2.30. The number of aryl methyl sites for hydroxylation is 2. The summed E-state index contributed by atoms with van der Waals surface area (Å²) >= 11 is 6.11. The molecule has 1 aromatic heterocycles. The second-order valence-electron chi connectivity index (χ2n) is 5.61. The molecule has 0 amide bonds. The lowest BCUT2D eigenvalue weighted by molar-refractivity contribution is -0.384. The van der Waals surface area contributed by atoms with Gasteiger partial charge in [0.1, 0.15) is 0 Å². The van der Waals surface area contributed by atoms with Crippen LogP contribution in [0, 0.1) is 17.0 Å². The number of nitrogens with zero attached hydrogens (tertiary/aromatic N) is 3. The van der Waals surface area contributed by atoms with Gasteiger partial charge in [0, 0.05) is 31.0 Å². The smallest absolute Gasteiger partial charge is 0.271 e. The van der Waals surface area contributed by atoms with Crippen LogP contribution in [-0.4, -0.2) is 21.6 Å². The van der Waals surface area contributed by atoms with Crippen LogP contribution in [0.25, 0.3) is 0 Å². The second-order valence-corrected chi connectivity index (χ2v) is 6.02. The number of benzene rings is 1. The molecule has 0 atom stereocenters. The van der Waals surface area contributed by atoms with Crippen LogP contribution in [0.4, 0.5) is 11.4 Å². The van der Waals surface area contributed by atoms with Gasteiger partial charge in [-0.2, -0.15) is 4.98 Å². The predicted molar refractivity (Wildman–Crippen MR) is 88.0 cm³/mol. The van der Waals surface area contributed by atoms with Gasteiger partial charge in [0.2, 0.25) is 5.89 Å². The van der Waals surface area contributed by atoms with Crippen molar-refractivity contribution in [2.45, 2.75) is 39.5 Å². The first-order valence-electron chi connectivity index (χ1n) is 7.39. The van der Waals surface area contributed by atoms with E-state index in [-0.39, 0.29) is 11.6 Å². The van der Waals surface area contributed by atoms with Crippen LogP contribution in [-0.2, 0) is 6.42 Å². The summed E-state index contributed by atoms with van der Waals surface area (Å²) in [7, 11) is 0. The zero-order valence-electron chi connectivity index (χ0n) is 13.3. The molecule has 0 bridgehead atoms. The Kier molecular flexibility index (Phi) is 5.54. The first-order chi connectivity index (χ1) is 10.9. The van der Waals surface area contributed by atoms with Crippen LogP contribution < -0.4 is 5.32 Å². The van der Waals surface area contributed by atoms with Gasteiger partial charge < -0.3 is 9.84 Å². The maximum Gasteiger partial charge on any atom is 0.271 e. The van der Waals surface area contributed by atoms with Crippen LogP contribution in [0.15, 0.2) is 16.7 Å². The van der Waals surface area contributed by atoms with Crippen LogP contribution in [0.1, 0.15) is 43.5 Å². The molecule has 2 aromatic rings. The SMILES string of the molecule is Cc1cc([N+](=O)[O-])cc(Cl)c1NCCCc1nc(C(C)C)no1. The van der Waals surface area contributed by atoms with Crippen molar-refractivity contribution in [1.82, 2.24) is 10.1 Å². The van der Waals surface area contributed by atoms with Crippen LogP contribution >= 0.6 is 11.6 Å². The number of hydrogen-bond acceptors (Lipinski definition) is 6. The van der Waals surface area contributed by atoms with Gasteiger partial charge in [0.25, 0.3) is 5.69 Å². The molecule has 0 aliphatic rings. The van der Waals surface area contributed by atoms with E-state index in [9.17, 15) is 10.1 Å². The largest absolute Gasteiger partial charge is 0.384 e. The van der Waals surface area contributed by atoms with Gasteiger partial charge in [-0.3, -0.25) is 10.1 Å². The number of anilines is 1. The van der Waals surface area contributed by atoms with Gasteiger partial charge in [-0.25, -0.2) is 0 Å². The molecule has 8 heteroatoms. The lowest BCUT2D eigenvalue weighted by Crippen LogP contribution is -2.05. The Hall–Kier alpha value is -2.15. The Morgan fingerprint density at radius 2 is 2.17 bits per heavy atom. The Balaban J connectivity index is 1.90. The summed E-state index contributed by atoms with van der Waals surface area (Å²) in [6.45, 7) is 6.46. The molecule has 0 aliphatic carbocycles. The van der Waals surface area contributed by atoms with Crippen LogP contribution in [0.5, 0.6) is 0 Å². The molecule has 0 saturated carbocycles. The summed E-state index contributed by atoms with van der Waals surface area (Å²) in [6.07, 6.45) is 1.45. The predicted octanol–water partition coefficient (Wildman–Crippen LogP) is 4.11. The zero-order valence-corrected chi connectivity index (χ0v) is 14.1. The molecule has 0 unspecified atom stereocenters. The van der Waals surface area contributed by atoms with Gasteiger partial charge in [-0.1, -0.05) is 30.6 Å². The Bertz CT molecular complexity index is 677. The van der Waals surface area contributed by atoms with Crippen molar-refractivity contribution in [3.63, 3.8) is 0 Å². The maximum atomic E-state index is 10.8. The molecule has 1 aromatic carbocycles. The van der Waals surface area contributed by atoms with E-state index in [1.54, 1.807) is 6.92 Å². The molecule has 0 saturated heterocycles. The molecule has 7 nitrogen and oxygen atoms in total. The third-order valence-corrected chi connectivity index (χ3v) is 3.65. The molecule has 1 heterocycles. The Labute approximate surface area is 139 Å². The number of hydrogen-bond donors (Lipinski definition) is 1. The number of nitro groups is 1. The molecule has 0 aliphatic heterocycles. The fourth-order valence-corrected chi connectivity index (χ4v) is 2.44. The fourth-order valence-electron chi connectivity index (χ4n) is 2.11. The number of rotatable bonds is 7. The minimum absolute atomic E-state index is 0.00914. The summed E-state index contributed by atoms with van der Waals surface area (Å²) in [4.78, 5) is 14.6. The third-order valence-electron chi connectivity index (χ3n) is 3.35. The van der Waals surface area contributed by atoms with Gasteiger partial charge in [-0.15, -0.1) is 0 Å². The van der Waals surface area contributed by atoms with E-state index in [1.165, 1.54) is 12.1 Å². The highest BCUT2D eigenvalue weighted by Gasteiger charge is 2.13. The van der Waals surface area contributed by atoms with Crippen molar-refractivity contribution in [2.24, 2.45) is 0 Å². The zero-order chi connectivity index (χ0) is 17.0. The number of halogens is 1. The molecule has 1 N–H and O–H groups in total. The lowest BCUT2D eigenvalue weighted by Gasteiger charge is -2.10. The van der Waals surface area contributed by atoms with E-state index >= 15 is 0 Å². The Morgan fingerprint density at radius 3 is 2.74 bits per heavy atom. The topological polar surface area (TPSA) is 94.1 Å². The van der Waals surface area contributed by atoms with Gasteiger partial charge in [0.15, 0.2) is 5.82 Å². The summed E-state index contributed by atoms with van der Waals surface area (Å²) < 4.78 is 5.18. The van der Waals surface area contributed by atoms with Crippen molar-refractivity contribution < 1.29 is 9.45 Å². The average Bonchev–Trinajstić information content (AvgIpc) is 2.94. The first-order valence-corrected chi connectivity index (χ1v) is 7.77. The van der Waals surface area contributed by atoms with Gasteiger partial charge >= 0.3 is 0 Å². The van der Waals surface area contributed by atoms with E-state index in [1.807, 2.05) is 13.8 Å². The van der Waals surface area contributed by atoms with E-state index < -0.39 is 4.92 Å². The second kappa shape index (κ2) is 7.41. The highest BCUT2D eigenvalue weighted by atomic mass is 35.5. The molecule has 0 spiro atoms. The van der Waals surface area contributed by atoms with Gasteiger partial charge in [0.05, 0.1) is 15.6 Å². The third kappa shape index (κ3) is 4.41. The minimum atomic E-state index is -0.454. The standard InChI is InChI=1S/C15H19ClN4O3/c1-9(2)15-18-13(23-19-15)5-4-6-17-14-10(3)7-11(20(21)22)8-12(14)16/h7-9,17H,4-6H2,1-3H3. The van der Waals surface area contributed by atoms with E-state index in [0.717, 1.165) is 12.0 Å². The quantitative estimate of drug-likeness (QED) is 0.464. The summed E-state index contributed by atoms with van der Waals surface area (Å²) in [5.74, 6) is 1.57. The van der Waals surface area contributed by atoms with Crippen LogP contribution in [0.3, 0.4) is 0 Å². The molecule has 0 radical (unpaired) electrons. The number of aromatic nitrogens is 2. The van der Waals surface area contributed by atoms with Crippen molar-refractivity contribution >= 4 is 23.0 Å². The monoisotopic (exact) mass is 338 g/mol. The number of nitrogens with one attached hydrogen (secondary N) is 1. The number of nitro benzene ring substituents is 1. The maximum absolute atomic E-state index is 10.8. The van der Waals surface area contributed by atoms with E-state index in [2.05, 4.69) is 15.5 Å². The van der Waals surface area contributed by atoms with Crippen molar-refractivity contribution in [3.8, 4) is 0 Å². The van der Waals surface area contributed by atoms with Crippen molar-refractivity contribution in [2.75, 3.05) is 11.9 Å².